The average Bonchev–Trinajstić information content (AvgIpc) is 2.75. The molecule has 0 amide bonds. The Bertz CT molecular complexity index is 389. The predicted molar refractivity (Wildman–Crippen MR) is 80.1 cm³/mol. The third kappa shape index (κ3) is 3.82. The Labute approximate surface area is 117 Å². The van der Waals surface area contributed by atoms with Crippen molar-refractivity contribution in [3.8, 4) is 0 Å². The third-order valence-corrected chi connectivity index (χ3v) is 4.59. The summed E-state index contributed by atoms with van der Waals surface area (Å²) in [6.07, 6.45) is 8.47. The summed E-state index contributed by atoms with van der Waals surface area (Å²) in [4.78, 5) is 0. The van der Waals surface area contributed by atoms with Crippen LogP contribution >= 0.6 is 0 Å². The van der Waals surface area contributed by atoms with Crippen LogP contribution in [0.1, 0.15) is 52.1 Å². The fraction of sp³-hybridized carbons (Fsp3) is 0.812. The molecule has 1 fully saturated rings. The highest BCUT2D eigenvalue weighted by Crippen LogP contribution is 2.37. The van der Waals surface area contributed by atoms with Gasteiger partial charge >= 0.3 is 0 Å². The molecule has 19 heavy (non-hydrogen) atoms. The summed E-state index contributed by atoms with van der Waals surface area (Å²) in [5.74, 6) is 0.813. The van der Waals surface area contributed by atoms with Crippen molar-refractivity contribution in [3.05, 3.63) is 18.0 Å². The second kappa shape index (κ2) is 6.08. The lowest BCUT2D eigenvalue weighted by Gasteiger charge is -2.41. The van der Waals surface area contributed by atoms with Crippen LogP contribution in [0.3, 0.4) is 0 Å². The summed E-state index contributed by atoms with van der Waals surface area (Å²) in [6.45, 7) is 8.23. The van der Waals surface area contributed by atoms with E-state index >= 15 is 0 Å². The minimum atomic E-state index is 0.421. The lowest BCUT2D eigenvalue weighted by atomic mass is 9.69. The molecule has 0 saturated heterocycles. The van der Waals surface area contributed by atoms with Crippen molar-refractivity contribution in [1.29, 1.82) is 0 Å². The van der Waals surface area contributed by atoms with E-state index in [1.807, 2.05) is 17.9 Å². The first-order valence-electron chi connectivity index (χ1n) is 7.69. The van der Waals surface area contributed by atoms with Crippen molar-refractivity contribution >= 4 is 0 Å². The summed E-state index contributed by atoms with van der Waals surface area (Å²) in [5, 5.41) is 8.03. The molecule has 0 bridgehead atoms. The Morgan fingerprint density at radius 3 is 2.68 bits per heavy atom. The topological polar surface area (TPSA) is 29.9 Å². The van der Waals surface area contributed by atoms with E-state index in [-0.39, 0.29) is 0 Å². The number of hydrogen-bond donors (Lipinski definition) is 1. The van der Waals surface area contributed by atoms with Crippen LogP contribution in [-0.4, -0.2) is 22.4 Å². The monoisotopic (exact) mass is 263 g/mol. The maximum atomic E-state index is 4.23. The molecule has 1 N–H and O–H groups in total. The van der Waals surface area contributed by atoms with Gasteiger partial charge in [0, 0.05) is 37.9 Å². The van der Waals surface area contributed by atoms with E-state index in [0.29, 0.717) is 11.5 Å². The average molecular weight is 263 g/mol. The lowest BCUT2D eigenvalue weighted by molar-refractivity contribution is 0.131. The first-order valence-corrected chi connectivity index (χ1v) is 7.69. The molecule has 1 aromatic heterocycles. The molecule has 3 nitrogen and oxygen atoms in total. The summed E-state index contributed by atoms with van der Waals surface area (Å²) in [7, 11) is 2.02. The summed E-state index contributed by atoms with van der Waals surface area (Å²) >= 11 is 0. The quantitative estimate of drug-likeness (QED) is 0.904. The van der Waals surface area contributed by atoms with E-state index in [1.54, 1.807) is 0 Å². The first kappa shape index (κ1) is 14.6. The molecule has 2 atom stereocenters. The summed E-state index contributed by atoms with van der Waals surface area (Å²) in [6, 6.07) is 2.81. The van der Waals surface area contributed by atoms with Gasteiger partial charge in [0.05, 0.1) is 0 Å². The molecular weight excluding hydrogens is 234 g/mol. The molecule has 0 spiro atoms. The van der Waals surface area contributed by atoms with Gasteiger partial charge in [0.2, 0.25) is 0 Å². The molecule has 2 rings (SSSR count). The zero-order valence-electron chi connectivity index (χ0n) is 12.9. The van der Waals surface area contributed by atoms with Gasteiger partial charge in [-0.15, -0.1) is 0 Å². The van der Waals surface area contributed by atoms with E-state index in [4.69, 9.17) is 0 Å². The van der Waals surface area contributed by atoms with Gasteiger partial charge in [0.15, 0.2) is 0 Å². The number of hydrogen-bond acceptors (Lipinski definition) is 2. The number of aryl methyl sites for hydroxylation is 1. The Morgan fingerprint density at radius 2 is 2.05 bits per heavy atom. The zero-order chi connectivity index (χ0) is 13.9. The van der Waals surface area contributed by atoms with Gasteiger partial charge in [-0.3, -0.25) is 4.68 Å². The Kier molecular flexibility index (Phi) is 4.67. The van der Waals surface area contributed by atoms with E-state index in [0.717, 1.165) is 18.9 Å². The highest BCUT2D eigenvalue weighted by Gasteiger charge is 2.33. The number of aromatic nitrogens is 2. The van der Waals surface area contributed by atoms with Crippen LogP contribution in [-0.2, 0) is 13.5 Å². The predicted octanol–water partition coefficient (Wildman–Crippen LogP) is 3.16. The standard InChI is InChI=1S/C16H29N3/c1-16(2,3)14-7-5-6-8-15(14)17-11-9-13-10-12-18-19(13)4/h10,12,14-15,17H,5-9,11H2,1-4H3. The van der Waals surface area contributed by atoms with Crippen molar-refractivity contribution in [2.45, 2.75) is 58.9 Å². The molecule has 1 aromatic rings. The van der Waals surface area contributed by atoms with Crippen LogP contribution in [0.25, 0.3) is 0 Å². The first-order chi connectivity index (χ1) is 8.98. The Balaban J connectivity index is 1.85. The molecule has 1 aliphatic carbocycles. The largest absolute Gasteiger partial charge is 0.313 e. The number of nitrogens with zero attached hydrogens (tertiary/aromatic N) is 2. The molecule has 0 radical (unpaired) electrons. The molecule has 1 heterocycles. The highest BCUT2D eigenvalue weighted by molar-refractivity contribution is 5.00. The maximum Gasteiger partial charge on any atom is 0.0492 e. The lowest BCUT2D eigenvalue weighted by Crippen LogP contribution is -2.44. The van der Waals surface area contributed by atoms with E-state index in [1.165, 1.54) is 31.4 Å². The second-order valence-electron chi connectivity index (χ2n) is 7.01. The third-order valence-electron chi connectivity index (χ3n) is 4.59. The molecule has 2 unspecified atom stereocenters. The molecule has 3 heteroatoms. The van der Waals surface area contributed by atoms with Crippen LogP contribution in [0.4, 0.5) is 0 Å². The zero-order valence-corrected chi connectivity index (χ0v) is 12.9. The van der Waals surface area contributed by atoms with Crippen molar-refractivity contribution in [3.63, 3.8) is 0 Å². The van der Waals surface area contributed by atoms with E-state index < -0.39 is 0 Å². The summed E-state index contributed by atoms with van der Waals surface area (Å²) < 4.78 is 1.98. The highest BCUT2D eigenvalue weighted by atomic mass is 15.3. The molecule has 0 aliphatic heterocycles. The normalized spacial score (nSPS) is 24.6. The van der Waals surface area contributed by atoms with Gasteiger partial charge in [-0.1, -0.05) is 33.6 Å². The number of rotatable bonds is 4. The van der Waals surface area contributed by atoms with Gasteiger partial charge in [0.1, 0.15) is 0 Å². The van der Waals surface area contributed by atoms with Gasteiger partial charge in [-0.2, -0.15) is 5.10 Å². The van der Waals surface area contributed by atoms with Crippen molar-refractivity contribution in [2.75, 3.05) is 6.54 Å². The minimum Gasteiger partial charge on any atom is -0.313 e. The van der Waals surface area contributed by atoms with E-state index in [9.17, 15) is 0 Å². The second-order valence-corrected chi connectivity index (χ2v) is 7.01. The van der Waals surface area contributed by atoms with E-state index in [2.05, 4.69) is 37.3 Å². The minimum absolute atomic E-state index is 0.421. The molecule has 0 aromatic carbocycles. The van der Waals surface area contributed by atoms with Crippen molar-refractivity contribution in [2.24, 2.45) is 18.4 Å². The van der Waals surface area contributed by atoms with Crippen LogP contribution in [0.5, 0.6) is 0 Å². The molecular formula is C16H29N3. The van der Waals surface area contributed by atoms with Gasteiger partial charge < -0.3 is 5.32 Å². The SMILES string of the molecule is Cn1nccc1CCNC1CCCCC1C(C)(C)C. The fourth-order valence-corrected chi connectivity index (χ4v) is 3.44. The van der Waals surface area contributed by atoms with Crippen molar-refractivity contribution < 1.29 is 0 Å². The Hall–Kier alpha value is -0.830. The fourth-order valence-electron chi connectivity index (χ4n) is 3.44. The number of nitrogens with one attached hydrogen (secondary N) is 1. The van der Waals surface area contributed by atoms with Gasteiger partial charge in [-0.05, 0) is 30.2 Å². The van der Waals surface area contributed by atoms with Gasteiger partial charge in [-0.25, -0.2) is 0 Å². The van der Waals surface area contributed by atoms with Crippen molar-refractivity contribution in [1.82, 2.24) is 15.1 Å². The molecule has 1 saturated carbocycles. The molecule has 1 aliphatic rings. The smallest absolute Gasteiger partial charge is 0.0492 e. The summed E-state index contributed by atoms with van der Waals surface area (Å²) in [5.41, 5.74) is 1.74. The van der Waals surface area contributed by atoms with Crippen LogP contribution in [0.2, 0.25) is 0 Å². The van der Waals surface area contributed by atoms with Gasteiger partial charge in [0.25, 0.3) is 0 Å². The maximum absolute atomic E-state index is 4.23. The Morgan fingerprint density at radius 1 is 1.32 bits per heavy atom. The van der Waals surface area contributed by atoms with Crippen LogP contribution in [0, 0.1) is 11.3 Å². The molecule has 108 valence electrons. The van der Waals surface area contributed by atoms with Crippen LogP contribution in [0.15, 0.2) is 12.3 Å². The van der Waals surface area contributed by atoms with Crippen LogP contribution < -0.4 is 5.32 Å².